The Labute approximate surface area is 100 Å². The summed E-state index contributed by atoms with van der Waals surface area (Å²) < 4.78 is 19.4. The number of aliphatic hydroxyl groups is 1. The van der Waals surface area contributed by atoms with E-state index in [9.17, 15) is 4.39 Å². The fourth-order valence-electron chi connectivity index (χ4n) is 1.99. The quantitative estimate of drug-likeness (QED) is 0.869. The maximum Gasteiger partial charge on any atom is 0.136 e. The van der Waals surface area contributed by atoms with Gasteiger partial charge in [0.15, 0.2) is 0 Å². The molecule has 0 fully saturated rings. The molecule has 1 aromatic carbocycles. The molecule has 3 heteroatoms. The summed E-state index contributed by atoms with van der Waals surface area (Å²) in [4.78, 5) is 0. The van der Waals surface area contributed by atoms with Gasteiger partial charge in [0.25, 0.3) is 0 Å². The van der Waals surface area contributed by atoms with Crippen molar-refractivity contribution >= 4 is 0 Å². The Kier molecular flexibility index (Phi) is 3.59. The van der Waals surface area contributed by atoms with Crippen molar-refractivity contribution in [1.82, 2.24) is 0 Å². The summed E-state index contributed by atoms with van der Waals surface area (Å²) in [5.41, 5.74) is 0.791. The van der Waals surface area contributed by atoms with Crippen LogP contribution in [0.2, 0.25) is 0 Å². The molecule has 1 N–H and O–H groups in total. The Balaban J connectivity index is 2.49. The molecular formula is C14H14FO2. The van der Waals surface area contributed by atoms with Crippen molar-refractivity contribution in [3.8, 4) is 5.75 Å². The molecule has 1 unspecified atom stereocenters. The van der Waals surface area contributed by atoms with Crippen LogP contribution in [0.5, 0.6) is 5.75 Å². The van der Waals surface area contributed by atoms with Crippen molar-refractivity contribution in [2.75, 3.05) is 7.11 Å². The van der Waals surface area contributed by atoms with Gasteiger partial charge in [0.2, 0.25) is 0 Å². The van der Waals surface area contributed by atoms with Crippen molar-refractivity contribution < 1.29 is 14.2 Å². The largest absolute Gasteiger partial charge is 0.496 e. The second-order valence-electron chi connectivity index (χ2n) is 3.89. The Morgan fingerprint density at radius 2 is 2.35 bits per heavy atom. The van der Waals surface area contributed by atoms with Crippen LogP contribution in [0.4, 0.5) is 4.39 Å². The molecule has 0 saturated heterocycles. The monoisotopic (exact) mass is 233 g/mol. The number of rotatable bonds is 3. The number of hydrogen-bond acceptors (Lipinski definition) is 2. The van der Waals surface area contributed by atoms with E-state index in [4.69, 9.17) is 9.84 Å². The number of benzene rings is 1. The first-order valence-corrected chi connectivity index (χ1v) is 5.48. The standard InChI is InChI=1S/C14H14FO2/c1-17-12-8-7-11(9-16)14(15)13(12)10-5-3-2-4-6-10/h2-3,6-8,10,16H,5,9H2,1H3. The summed E-state index contributed by atoms with van der Waals surface area (Å²) in [5.74, 6) is 0.0460. The van der Waals surface area contributed by atoms with Crippen LogP contribution in [0, 0.1) is 11.9 Å². The normalized spacial score (nSPS) is 18.4. The highest BCUT2D eigenvalue weighted by atomic mass is 19.1. The third-order valence-corrected chi connectivity index (χ3v) is 2.88. The lowest BCUT2D eigenvalue weighted by molar-refractivity contribution is 0.274. The van der Waals surface area contributed by atoms with Crippen LogP contribution < -0.4 is 4.74 Å². The van der Waals surface area contributed by atoms with Gasteiger partial charge in [0, 0.05) is 17.0 Å². The third kappa shape index (κ3) is 2.24. The molecule has 1 radical (unpaired) electrons. The van der Waals surface area contributed by atoms with Gasteiger partial charge in [0.1, 0.15) is 11.6 Å². The minimum absolute atomic E-state index is 0.0820. The molecule has 0 bridgehead atoms. The number of aliphatic hydroxyl groups excluding tert-OH is 1. The molecule has 1 atom stereocenters. The smallest absolute Gasteiger partial charge is 0.136 e. The Bertz CT molecular complexity index is 464. The van der Waals surface area contributed by atoms with Gasteiger partial charge in [-0.05, 0) is 18.6 Å². The lowest BCUT2D eigenvalue weighted by atomic mass is 9.90. The Hall–Kier alpha value is -1.61. The van der Waals surface area contributed by atoms with E-state index in [1.54, 1.807) is 12.1 Å². The Morgan fingerprint density at radius 3 is 2.94 bits per heavy atom. The van der Waals surface area contributed by atoms with E-state index in [2.05, 4.69) is 6.08 Å². The van der Waals surface area contributed by atoms with E-state index in [1.807, 2.05) is 18.2 Å². The van der Waals surface area contributed by atoms with Crippen molar-refractivity contribution in [3.63, 3.8) is 0 Å². The molecule has 0 aromatic heterocycles. The summed E-state index contributed by atoms with van der Waals surface area (Å²) in [7, 11) is 1.52. The van der Waals surface area contributed by atoms with E-state index in [-0.39, 0.29) is 18.3 Å². The number of methoxy groups -OCH3 is 1. The number of ether oxygens (including phenoxy) is 1. The van der Waals surface area contributed by atoms with E-state index in [0.717, 1.165) is 6.42 Å². The SMILES string of the molecule is COc1ccc(CO)c(F)c1C1C=[C]C=CC1. The van der Waals surface area contributed by atoms with Gasteiger partial charge >= 0.3 is 0 Å². The van der Waals surface area contributed by atoms with Crippen molar-refractivity contribution in [3.05, 3.63) is 53.4 Å². The predicted molar refractivity (Wildman–Crippen MR) is 63.2 cm³/mol. The van der Waals surface area contributed by atoms with Crippen LogP contribution in [0.25, 0.3) is 0 Å². The summed E-state index contributed by atoms with van der Waals surface area (Å²) >= 11 is 0. The van der Waals surface area contributed by atoms with Crippen molar-refractivity contribution in [2.45, 2.75) is 18.9 Å². The van der Waals surface area contributed by atoms with Crippen molar-refractivity contribution in [2.24, 2.45) is 0 Å². The zero-order valence-corrected chi connectivity index (χ0v) is 9.61. The predicted octanol–water partition coefficient (Wildman–Crippen LogP) is 2.73. The minimum atomic E-state index is -0.384. The van der Waals surface area contributed by atoms with Gasteiger partial charge in [0.05, 0.1) is 13.7 Å². The maximum atomic E-state index is 14.2. The van der Waals surface area contributed by atoms with E-state index in [0.29, 0.717) is 16.9 Å². The van der Waals surface area contributed by atoms with Crippen LogP contribution in [0.1, 0.15) is 23.5 Å². The number of allylic oxidation sites excluding steroid dienone is 4. The lowest BCUT2D eigenvalue weighted by Crippen LogP contribution is -2.06. The van der Waals surface area contributed by atoms with Gasteiger partial charge in [-0.1, -0.05) is 24.3 Å². The first-order valence-electron chi connectivity index (χ1n) is 5.48. The average Bonchev–Trinajstić information content (AvgIpc) is 2.39. The van der Waals surface area contributed by atoms with Crippen LogP contribution in [0.15, 0.2) is 30.4 Å². The summed E-state index contributed by atoms with van der Waals surface area (Å²) in [6, 6.07) is 3.24. The van der Waals surface area contributed by atoms with Crippen molar-refractivity contribution in [1.29, 1.82) is 0 Å². The van der Waals surface area contributed by atoms with Gasteiger partial charge in [-0.2, -0.15) is 0 Å². The highest BCUT2D eigenvalue weighted by Gasteiger charge is 2.20. The zero-order valence-electron chi connectivity index (χ0n) is 9.61. The van der Waals surface area contributed by atoms with Gasteiger partial charge in [-0.15, -0.1) is 0 Å². The fourth-order valence-corrected chi connectivity index (χ4v) is 1.99. The number of hydrogen-bond donors (Lipinski definition) is 1. The summed E-state index contributed by atoms with van der Waals surface area (Å²) in [5, 5.41) is 9.08. The molecule has 2 rings (SSSR count). The lowest BCUT2D eigenvalue weighted by Gasteiger charge is -2.19. The zero-order chi connectivity index (χ0) is 12.3. The average molecular weight is 233 g/mol. The van der Waals surface area contributed by atoms with Gasteiger partial charge < -0.3 is 9.84 Å². The summed E-state index contributed by atoms with van der Waals surface area (Å²) in [6.07, 6.45) is 9.25. The van der Waals surface area contributed by atoms with Gasteiger partial charge in [-0.3, -0.25) is 0 Å². The molecule has 89 valence electrons. The van der Waals surface area contributed by atoms with Crippen LogP contribution in [0.3, 0.4) is 0 Å². The molecule has 17 heavy (non-hydrogen) atoms. The molecular weight excluding hydrogens is 219 g/mol. The first-order chi connectivity index (χ1) is 8.27. The highest BCUT2D eigenvalue weighted by molar-refractivity contribution is 5.43. The molecule has 0 aliphatic heterocycles. The molecule has 2 nitrogen and oxygen atoms in total. The second kappa shape index (κ2) is 5.15. The maximum absolute atomic E-state index is 14.2. The van der Waals surface area contributed by atoms with E-state index in [1.165, 1.54) is 7.11 Å². The second-order valence-corrected chi connectivity index (χ2v) is 3.89. The number of halogens is 1. The Morgan fingerprint density at radius 1 is 1.53 bits per heavy atom. The van der Waals surface area contributed by atoms with E-state index >= 15 is 0 Å². The van der Waals surface area contributed by atoms with Crippen LogP contribution in [-0.2, 0) is 6.61 Å². The van der Waals surface area contributed by atoms with Crippen LogP contribution >= 0.6 is 0 Å². The molecule has 1 aliphatic rings. The molecule has 0 amide bonds. The fraction of sp³-hybridized carbons (Fsp3) is 0.286. The van der Waals surface area contributed by atoms with Crippen LogP contribution in [-0.4, -0.2) is 12.2 Å². The minimum Gasteiger partial charge on any atom is -0.496 e. The third-order valence-electron chi connectivity index (χ3n) is 2.88. The summed E-state index contributed by atoms with van der Waals surface area (Å²) in [6.45, 7) is -0.307. The molecule has 1 aromatic rings. The molecule has 1 aliphatic carbocycles. The molecule has 0 saturated carbocycles. The van der Waals surface area contributed by atoms with Gasteiger partial charge in [-0.25, -0.2) is 4.39 Å². The highest BCUT2D eigenvalue weighted by Crippen LogP contribution is 2.35. The van der Waals surface area contributed by atoms with E-state index < -0.39 is 0 Å². The first kappa shape index (κ1) is 11.9. The topological polar surface area (TPSA) is 29.5 Å². The molecule has 0 heterocycles. The molecule has 0 spiro atoms.